The van der Waals surface area contributed by atoms with Gasteiger partial charge in [-0.05, 0) is 29.5 Å². The van der Waals surface area contributed by atoms with Gasteiger partial charge >= 0.3 is 0 Å². The van der Waals surface area contributed by atoms with Crippen molar-refractivity contribution in [2.24, 2.45) is 10.4 Å². The molecule has 2 N–H and O–H groups in total. The number of guanidine groups is 1. The van der Waals surface area contributed by atoms with Gasteiger partial charge in [0.25, 0.3) is 0 Å². The van der Waals surface area contributed by atoms with E-state index in [1.807, 2.05) is 18.2 Å². The van der Waals surface area contributed by atoms with Crippen molar-refractivity contribution in [2.75, 3.05) is 41.5 Å². The number of nitrogens with one attached hydrogen (secondary N) is 2. The zero-order valence-corrected chi connectivity index (χ0v) is 16.6. The monoisotopic (exact) mass is 351 g/mol. The molecule has 0 heterocycles. The first-order chi connectivity index (χ1) is 11.8. The summed E-state index contributed by atoms with van der Waals surface area (Å²) in [5, 5.41) is 6.65. The lowest BCUT2D eigenvalue weighted by Crippen LogP contribution is -2.45. The van der Waals surface area contributed by atoms with Gasteiger partial charge < -0.3 is 24.8 Å². The van der Waals surface area contributed by atoms with Crippen LogP contribution in [-0.4, -0.2) is 53.5 Å². The maximum atomic E-state index is 5.56. The molecule has 142 valence electrons. The molecule has 0 radical (unpaired) electrons. The summed E-state index contributed by atoms with van der Waals surface area (Å²) in [6.07, 6.45) is 0.963. The second-order valence-corrected chi connectivity index (χ2v) is 6.91. The van der Waals surface area contributed by atoms with Crippen LogP contribution in [0.3, 0.4) is 0 Å². The van der Waals surface area contributed by atoms with Crippen LogP contribution in [0, 0.1) is 5.41 Å². The molecule has 1 atom stereocenters. The summed E-state index contributed by atoms with van der Waals surface area (Å²) in [5.74, 6) is 2.26. The molecule has 1 unspecified atom stereocenters. The molecule has 1 aromatic rings. The first kappa shape index (κ1) is 21.1. The Hall–Kier alpha value is -1.95. The van der Waals surface area contributed by atoms with E-state index in [1.54, 1.807) is 28.4 Å². The highest BCUT2D eigenvalue weighted by Crippen LogP contribution is 2.27. The highest BCUT2D eigenvalue weighted by atomic mass is 16.5. The summed E-state index contributed by atoms with van der Waals surface area (Å²) >= 11 is 0. The van der Waals surface area contributed by atoms with E-state index in [-0.39, 0.29) is 11.5 Å². The third-order valence-electron chi connectivity index (χ3n) is 4.08. The van der Waals surface area contributed by atoms with Gasteiger partial charge in [-0.3, -0.25) is 4.99 Å². The molecule has 0 saturated heterocycles. The number of benzene rings is 1. The quantitative estimate of drug-likeness (QED) is 0.556. The van der Waals surface area contributed by atoms with Crippen LogP contribution in [0.1, 0.15) is 26.3 Å². The molecule has 0 fully saturated rings. The average Bonchev–Trinajstić information content (AvgIpc) is 2.59. The van der Waals surface area contributed by atoms with Gasteiger partial charge in [0.1, 0.15) is 0 Å². The lowest BCUT2D eigenvalue weighted by atomic mass is 9.89. The van der Waals surface area contributed by atoms with Gasteiger partial charge in [0.15, 0.2) is 17.5 Å². The van der Waals surface area contributed by atoms with E-state index in [1.165, 1.54) is 5.56 Å². The second-order valence-electron chi connectivity index (χ2n) is 6.91. The molecule has 0 amide bonds. The predicted molar refractivity (Wildman–Crippen MR) is 103 cm³/mol. The lowest BCUT2D eigenvalue weighted by Gasteiger charge is -2.30. The number of hydrogen-bond acceptors (Lipinski definition) is 4. The van der Waals surface area contributed by atoms with E-state index < -0.39 is 0 Å². The average molecular weight is 351 g/mol. The largest absolute Gasteiger partial charge is 0.493 e. The zero-order chi connectivity index (χ0) is 18.9. The molecule has 0 spiro atoms. The van der Waals surface area contributed by atoms with Gasteiger partial charge in [-0.15, -0.1) is 0 Å². The molecule has 6 nitrogen and oxygen atoms in total. The van der Waals surface area contributed by atoms with Gasteiger partial charge in [0, 0.05) is 27.2 Å². The first-order valence-corrected chi connectivity index (χ1v) is 8.54. The van der Waals surface area contributed by atoms with Crippen LogP contribution in [0.4, 0.5) is 0 Å². The number of aliphatic imine (C=N–C) groups is 1. The van der Waals surface area contributed by atoms with Crippen molar-refractivity contribution in [1.82, 2.24) is 10.6 Å². The molecule has 0 aliphatic rings. The van der Waals surface area contributed by atoms with Crippen LogP contribution < -0.4 is 20.1 Å². The topological polar surface area (TPSA) is 64.1 Å². The molecule has 0 aliphatic heterocycles. The Morgan fingerprint density at radius 3 is 2.28 bits per heavy atom. The van der Waals surface area contributed by atoms with Crippen molar-refractivity contribution in [1.29, 1.82) is 0 Å². The van der Waals surface area contributed by atoms with Crippen molar-refractivity contribution in [2.45, 2.75) is 33.3 Å². The highest BCUT2D eigenvalue weighted by molar-refractivity contribution is 5.79. The maximum absolute atomic E-state index is 5.56. The van der Waals surface area contributed by atoms with E-state index >= 15 is 0 Å². The Balaban J connectivity index is 2.50. The lowest BCUT2D eigenvalue weighted by molar-refractivity contribution is 0.0205. The van der Waals surface area contributed by atoms with Crippen molar-refractivity contribution < 1.29 is 14.2 Å². The molecule has 1 rings (SSSR count). The summed E-state index contributed by atoms with van der Waals surface area (Å²) in [4.78, 5) is 4.26. The smallest absolute Gasteiger partial charge is 0.191 e. The van der Waals surface area contributed by atoms with E-state index in [0.29, 0.717) is 6.54 Å². The number of nitrogens with zero attached hydrogens (tertiary/aromatic N) is 1. The molecular weight excluding hydrogens is 318 g/mol. The van der Waals surface area contributed by atoms with Crippen LogP contribution >= 0.6 is 0 Å². The van der Waals surface area contributed by atoms with Crippen LogP contribution in [0.2, 0.25) is 0 Å². The van der Waals surface area contributed by atoms with Crippen molar-refractivity contribution in [3.63, 3.8) is 0 Å². The Morgan fingerprint density at radius 2 is 1.76 bits per heavy atom. The highest BCUT2D eigenvalue weighted by Gasteiger charge is 2.24. The van der Waals surface area contributed by atoms with Crippen LogP contribution in [0.5, 0.6) is 11.5 Å². The van der Waals surface area contributed by atoms with Crippen molar-refractivity contribution >= 4 is 5.96 Å². The van der Waals surface area contributed by atoms with Crippen molar-refractivity contribution in [3.8, 4) is 11.5 Å². The fourth-order valence-corrected chi connectivity index (χ4v) is 2.51. The molecule has 0 bridgehead atoms. The van der Waals surface area contributed by atoms with E-state index in [9.17, 15) is 0 Å². The van der Waals surface area contributed by atoms with Gasteiger partial charge in [-0.1, -0.05) is 26.8 Å². The minimum Gasteiger partial charge on any atom is -0.493 e. The molecule has 0 aromatic heterocycles. The molecule has 0 saturated carbocycles. The Morgan fingerprint density at radius 1 is 1.08 bits per heavy atom. The summed E-state index contributed by atoms with van der Waals surface area (Å²) in [5.41, 5.74) is 1.24. The van der Waals surface area contributed by atoms with E-state index in [2.05, 4.69) is 36.4 Å². The van der Waals surface area contributed by atoms with Gasteiger partial charge in [0.2, 0.25) is 0 Å². The summed E-state index contributed by atoms with van der Waals surface area (Å²) < 4.78 is 16.2. The fraction of sp³-hybridized carbons (Fsp3) is 0.632. The summed E-state index contributed by atoms with van der Waals surface area (Å²) in [6, 6.07) is 5.96. The molecular formula is C19H33N3O3. The number of ether oxygens (including phenoxy) is 3. The molecule has 0 aliphatic carbocycles. The fourth-order valence-electron chi connectivity index (χ4n) is 2.51. The standard InChI is InChI=1S/C19H33N3O3/c1-19(2,3)17(25-7)13-22-18(20-4)21-11-10-14-8-9-15(23-5)16(12-14)24-6/h8-9,12,17H,10-11,13H2,1-7H3,(H2,20,21,22). The zero-order valence-electron chi connectivity index (χ0n) is 16.6. The molecule has 6 heteroatoms. The summed E-state index contributed by atoms with van der Waals surface area (Å²) in [7, 11) is 6.79. The van der Waals surface area contributed by atoms with Crippen LogP contribution in [-0.2, 0) is 11.2 Å². The summed E-state index contributed by atoms with van der Waals surface area (Å²) in [6.45, 7) is 7.96. The van der Waals surface area contributed by atoms with Gasteiger partial charge in [-0.25, -0.2) is 0 Å². The number of hydrogen-bond donors (Lipinski definition) is 2. The Kier molecular flexibility index (Phi) is 8.55. The minimum absolute atomic E-state index is 0.0697. The van der Waals surface area contributed by atoms with Crippen LogP contribution in [0.25, 0.3) is 0 Å². The van der Waals surface area contributed by atoms with Gasteiger partial charge in [0.05, 0.1) is 20.3 Å². The predicted octanol–water partition coefficient (Wildman–Crippen LogP) is 2.47. The van der Waals surface area contributed by atoms with Gasteiger partial charge in [-0.2, -0.15) is 0 Å². The van der Waals surface area contributed by atoms with E-state index in [4.69, 9.17) is 14.2 Å². The third kappa shape index (κ3) is 6.82. The molecule has 25 heavy (non-hydrogen) atoms. The first-order valence-electron chi connectivity index (χ1n) is 8.54. The minimum atomic E-state index is 0.0697. The second kappa shape index (κ2) is 10.1. The van der Waals surface area contributed by atoms with E-state index in [0.717, 1.165) is 30.4 Å². The number of rotatable bonds is 8. The van der Waals surface area contributed by atoms with Crippen LogP contribution in [0.15, 0.2) is 23.2 Å². The Bertz CT molecular complexity index is 553. The molecule has 1 aromatic carbocycles. The Labute approximate surface area is 152 Å². The SMILES string of the molecule is CN=C(NCCc1ccc(OC)c(OC)c1)NCC(OC)C(C)(C)C. The van der Waals surface area contributed by atoms with Crippen molar-refractivity contribution in [3.05, 3.63) is 23.8 Å². The number of methoxy groups -OCH3 is 3. The maximum Gasteiger partial charge on any atom is 0.191 e. The normalized spacial score (nSPS) is 13.3. The third-order valence-corrected chi connectivity index (χ3v) is 4.08.